The Morgan fingerprint density at radius 3 is 2.45 bits per heavy atom. The monoisotopic (exact) mass is 465 g/mol. The minimum absolute atomic E-state index is 0.0386. The number of carbonyl (C=O) groups is 2. The predicted molar refractivity (Wildman–Crippen MR) is 123 cm³/mol. The number of rotatable bonds is 6. The van der Waals surface area contributed by atoms with Crippen LogP contribution in [0.25, 0.3) is 0 Å². The molecule has 4 aliphatic carbocycles. The number of fused-ring (bicyclic) bond motifs is 5. The highest BCUT2D eigenvalue weighted by molar-refractivity contribution is 5.81. The fraction of sp³-hybridized carbons (Fsp3) is 0.923. The molecule has 0 aliphatic heterocycles. The second-order valence-corrected chi connectivity index (χ2v) is 12.3. The van der Waals surface area contributed by atoms with Gasteiger partial charge in [0.1, 0.15) is 6.54 Å². The molecule has 33 heavy (non-hydrogen) atoms. The third-order valence-corrected chi connectivity index (χ3v) is 10.8. The smallest absolute Gasteiger partial charge is 0.322 e. The Bertz CT molecular complexity index is 774. The van der Waals surface area contributed by atoms with E-state index in [4.69, 9.17) is 5.11 Å². The van der Waals surface area contributed by atoms with Gasteiger partial charge in [0.25, 0.3) is 0 Å². The standard InChI is InChI=1S/C26H43NO6/c1-15(4-7-22(30)27-14-23(31)32)18-5-6-19-25(18,3)21(29)13-20-24(2)10-9-17(28)12-16(24)8-11-26(19,20)33/h15-21,28-29,33H,4-14H2,1-3H3,(H,27,30)(H,31,32)/t15-,16-,17-,18+,19+,20-,21+,24+,25-,26+/m1/s1. The topological polar surface area (TPSA) is 127 Å². The van der Waals surface area contributed by atoms with Crippen molar-refractivity contribution < 1.29 is 30.0 Å². The zero-order valence-electron chi connectivity index (χ0n) is 20.4. The number of hydrogen-bond acceptors (Lipinski definition) is 5. The van der Waals surface area contributed by atoms with E-state index in [9.17, 15) is 24.9 Å². The van der Waals surface area contributed by atoms with Gasteiger partial charge in [-0.3, -0.25) is 9.59 Å². The van der Waals surface area contributed by atoms with Crippen LogP contribution in [0, 0.1) is 40.4 Å². The average Bonchev–Trinajstić information content (AvgIpc) is 3.13. The summed E-state index contributed by atoms with van der Waals surface area (Å²) in [5.41, 5.74) is -1.21. The molecular formula is C26H43NO6. The summed E-state index contributed by atoms with van der Waals surface area (Å²) in [5, 5.41) is 45.3. The van der Waals surface area contributed by atoms with Crippen LogP contribution in [0.2, 0.25) is 0 Å². The Kier molecular flexibility index (Phi) is 6.64. The van der Waals surface area contributed by atoms with Crippen molar-refractivity contribution in [2.45, 2.75) is 103 Å². The van der Waals surface area contributed by atoms with Crippen LogP contribution in [-0.4, -0.2) is 56.7 Å². The van der Waals surface area contributed by atoms with Gasteiger partial charge in [0, 0.05) is 11.8 Å². The maximum atomic E-state index is 12.3. The molecule has 0 radical (unpaired) electrons. The number of aliphatic carboxylic acids is 1. The van der Waals surface area contributed by atoms with Gasteiger partial charge >= 0.3 is 5.97 Å². The summed E-state index contributed by atoms with van der Waals surface area (Å²) in [6, 6.07) is 0. The molecular weight excluding hydrogens is 422 g/mol. The van der Waals surface area contributed by atoms with E-state index in [0.29, 0.717) is 18.8 Å². The van der Waals surface area contributed by atoms with Crippen molar-refractivity contribution in [2.24, 2.45) is 40.4 Å². The van der Waals surface area contributed by atoms with Gasteiger partial charge in [0.2, 0.25) is 5.91 Å². The second kappa shape index (κ2) is 8.80. The second-order valence-electron chi connectivity index (χ2n) is 12.3. The van der Waals surface area contributed by atoms with E-state index in [-0.39, 0.29) is 59.5 Å². The zero-order chi connectivity index (χ0) is 24.2. The predicted octanol–water partition coefficient (Wildman–Crippen LogP) is 2.71. The van der Waals surface area contributed by atoms with Crippen LogP contribution in [-0.2, 0) is 9.59 Å². The molecule has 0 aromatic heterocycles. The Labute approximate surface area is 197 Å². The van der Waals surface area contributed by atoms with Gasteiger partial charge in [-0.25, -0.2) is 0 Å². The number of carboxylic acid groups (broad SMARTS) is 1. The Hall–Kier alpha value is -1.18. The molecule has 5 N–H and O–H groups in total. The summed E-state index contributed by atoms with van der Waals surface area (Å²) in [6.45, 7) is 6.22. The van der Waals surface area contributed by atoms with Crippen LogP contribution in [0.5, 0.6) is 0 Å². The molecule has 1 amide bonds. The normalized spacial score (nSPS) is 47.7. The molecule has 10 atom stereocenters. The van der Waals surface area contributed by atoms with Crippen molar-refractivity contribution in [3.63, 3.8) is 0 Å². The number of carboxylic acids is 1. The quantitative estimate of drug-likeness (QED) is 0.410. The summed E-state index contributed by atoms with van der Waals surface area (Å²) in [6.07, 6.45) is 6.80. The molecule has 4 rings (SSSR count). The fourth-order valence-corrected chi connectivity index (χ4v) is 9.04. The fourth-order valence-electron chi connectivity index (χ4n) is 9.04. The van der Waals surface area contributed by atoms with E-state index < -0.39 is 17.7 Å². The molecule has 4 aliphatic rings. The lowest BCUT2D eigenvalue weighted by Gasteiger charge is -2.65. The summed E-state index contributed by atoms with van der Waals surface area (Å²) in [4.78, 5) is 22.7. The highest BCUT2D eigenvalue weighted by atomic mass is 16.4. The first-order valence-corrected chi connectivity index (χ1v) is 13.0. The van der Waals surface area contributed by atoms with Crippen molar-refractivity contribution in [2.75, 3.05) is 6.54 Å². The van der Waals surface area contributed by atoms with Gasteiger partial charge in [0.05, 0.1) is 17.8 Å². The van der Waals surface area contributed by atoms with E-state index in [1.807, 2.05) is 0 Å². The molecule has 0 unspecified atom stereocenters. The van der Waals surface area contributed by atoms with Crippen LogP contribution in [0.4, 0.5) is 0 Å². The van der Waals surface area contributed by atoms with Crippen molar-refractivity contribution >= 4 is 11.9 Å². The third kappa shape index (κ3) is 4.02. The van der Waals surface area contributed by atoms with Gasteiger partial charge in [-0.1, -0.05) is 20.8 Å². The molecule has 0 aromatic carbocycles. The van der Waals surface area contributed by atoms with Crippen LogP contribution in [0.15, 0.2) is 0 Å². The third-order valence-electron chi connectivity index (χ3n) is 10.8. The molecule has 188 valence electrons. The highest BCUT2D eigenvalue weighted by Gasteiger charge is 2.69. The van der Waals surface area contributed by atoms with E-state index in [1.165, 1.54) is 0 Å². The van der Waals surface area contributed by atoms with Crippen molar-refractivity contribution in [3.8, 4) is 0 Å². The van der Waals surface area contributed by atoms with Gasteiger partial charge in [0.15, 0.2) is 0 Å². The molecule has 0 saturated heterocycles. The van der Waals surface area contributed by atoms with Gasteiger partial charge in [-0.15, -0.1) is 0 Å². The Morgan fingerprint density at radius 1 is 1.03 bits per heavy atom. The Balaban J connectivity index is 1.50. The molecule has 4 saturated carbocycles. The SMILES string of the molecule is C[C@H](CCC(=O)NCC(=O)O)[C@@H]1CC[C@@H]2[C@@]3(O)CC[C@@H]4C[C@H](O)CC[C@]4(C)[C@H]3C[C@H](O)[C@@]21C. The summed E-state index contributed by atoms with van der Waals surface area (Å²) in [7, 11) is 0. The van der Waals surface area contributed by atoms with Crippen molar-refractivity contribution in [1.29, 1.82) is 0 Å². The van der Waals surface area contributed by atoms with Gasteiger partial charge < -0.3 is 25.7 Å². The Morgan fingerprint density at radius 2 is 1.76 bits per heavy atom. The maximum Gasteiger partial charge on any atom is 0.322 e. The average molecular weight is 466 g/mol. The minimum Gasteiger partial charge on any atom is -0.480 e. The number of amides is 1. The number of aliphatic hydroxyl groups is 3. The van der Waals surface area contributed by atoms with Crippen LogP contribution in [0.1, 0.15) is 85.0 Å². The van der Waals surface area contributed by atoms with Crippen molar-refractivity contribution in [3.05, 3.63) is 0 Å². The van der Waals surface area contributed by atoms with E-state index in [1.54, 1.807) is 0 Å². The lowest BCUT2D eigenvalue weighted by molar-refractivity contribution is -0.254. The summed E-state index contributed by atoms with van der Waals surface area (Å²) < 4.78 is 0. The molecule has 0 aromatic rings. The van der Waals surface area contributed by atoms with Crippen LogP contribution < -0.4 is 5.32 Å². The molecule has 4 fully saturated rings. The number of aliphatic hydroxyl groups excluding tert-OH is 2. The van der Waals surface area contributed by atoms with Gasteiger partial charge in [-0.2, -0.15) is 0 Å². The summed E-state index contributed by atoms with van der Waals surface area (Å²) >= 11 is 0. The minimum atomic E-state index is -1.05. The van der Waals surface area contributed by atoms with Crippen LogP contribution >= 0.6 is 0 Å². The molecule has 7 nitrogen and oxygen atoms in total. The zero-order valence-corrected chi connectivity index (χ0v) is 20.4. The van der Waals surface area contributed by atoms with Crippen molar-refractivity contribution in [1.82, 2.24) is 5.32 Å². The first-order chi connectivity index (χ1) is 15.4. The first-order valence-electron chi connectivity index (χ1n) is 13.0. The number of carbonyl (C=O) groups excluding carboxylic acids is 1. The molecule has 0 spiro atoms. The number of hydrogen-bond donors (Lipinski definition) is 5. The largest absolute Gasteiger partial charge is 0.480 e. The maximum absolute atomic E-state index is 12.3. The van der Waals surface area contributed by atoms with Crippen LogP contribution in [0.3, 0.4) is 0 Å². The molecule has 0 bridgehead atoms. The highest BCUT2D eigenvalue weighted by Crippen LogP contribution is 2.69. The van der Waals surface area contributed by atoms with E-state index >= 15 is 0 Å². The summed E-state index contributed by atoms with van der Waals surface area (Å²) in [5.74, 6) is -0.389. The van der Waals surface area contributed by atoms with Gasteiger partial charge in [-0.05, 0) is 92.8 Å². The van der Waals surface area contributed by atoms with E-state index in [2.05, 4.69) is 26.1 Å². The lowest BCUT2D eigenvalue weighted by Crippen LogP contribution is -2.67. The molecule has 0 heterocycles. The molecule has 7 heteroatoms. The van der Waals surface area contributed by atoms with E-state index in [0.717, 1.165) is 44.9 Å². The first kappa shape index (κ1) is 24.9. The lowest BCUT2D eigenvalue weighted by atomic mass is 9.42. The number of nitrogens with one attached hydrogen (secondary N) is 1.